The molecule has 1 heterocycles. The van der Waals surface area contributed by atoms with Gasteiger partial charge in [-0.15, -0.1) is 11.3 Å². The molecule has 0 amide bonds. The van der Waals surface area contributed by atoms with Crippen LogP contribution in [0.5, 0.6) is 5.75 Å². The van der Waals surface area contributed by atoms with E-state index in [1.807, 2.05) is 24.3 Å². The van der Waals surface area contributed by atoms with Gasteiger partial charge in [-0.2, -0.15) is 0 Å². The minimum atomic E-state index is -0.615. The van der Waals surface area contributed by atoms with E-state index >= 15 is 0 Å². The van der Waals surface area contributed by atoms with Crippen LogP contribution in [0, 0.1) is 5.82 Å². The maximum atomic E-state index is 14.2. The van der Waals surface area contributed by atoms with Crippen molar-refractivity contribution in [1.29, 1.82) is 0 Å². The minimum Gasteiger partial charge on any atom is -0.494 e. The molecule has 0 saturated carbocycles. The lowest BCUT2D eigenvalue weighted by Crippen LogP contribution is -2.04. The Morgan fingerprint density at radius 1 is 1.10 bits per heavy atom. The first-order valence-electron chi connectivity index (χ1n) is 6.06. The van der Waals surface area contributed by atoms with Crippen LogP contribution in [0.4, 0.5) is 4.39 Å². The van der Waals surface area contributed by atoms with Gasteiger partial charge in [-0.3, -0.25) is 4.79 Å². The van der Waals surface area contributed by atoms with Gasteiger partial charge in [0, 0.05) is 21.0 Å². The SMILES string of the molecule is COc1cccc(C(=O)c2csc3ccccc23)c1F. The molecule has 0 N–H and O–H groups in total. The van der Waals surface area contributed by atoms with E-state index in [9.17, 15) is 9.18 Å². The van der Waals surface area contributed by atoms with Crippen LogP contribution < -0.4 is 4.74 Å². The van der Waals surface area contributed by atoms with Gasteiger partial charge >= 0.3 is 0 Å². The van der Waals surface area contributed by atoms with Crippen molar-refractivity contribution in [3.05, 3.63) is 64.8 Å². The van der Waals surface area contributed by atoms with Crippen molar-refractivity contribution < 1.29 is 13.9 Å². The molecule has 0 aliphatic rings. The summed E-state index contributed by atoms with van der Waals surface area (Å²) in [6.45, 7) is 0. The van der Waals surface area contributed by atoms with Crippen LogP contribution in [0.25, 0.3) is 10.1 Å². The van der Waals surface area contributed by atoms with Crippen LogP contribution in [-0.4, -0.2) is 12.9 Å². The van der Waals surface area contributed by atoms with Gasteiger partial charge in [-0.05, 0) is 18.2 Å². The van der Waals surface area contributed by atoms with Crippen molar-refractivity contribution in [3.63, 3.8) is 0 Å². The fourth-order valence-corrected chi connectivity index (χ4v) is 3.08. The Bertz CT molecular complexity index is 792. The third-order valence-corrected chi connectivity index (χ3v) is 4.12. The Morgan fingerprint density at radius 2 is 1.90 bits per heavy atom. The Hall–Kier alpha value is -2.20. The van der Waals surface area contributed by atoms with Crippen LogP contribution in [-0.2, 0) is 0 Å². The predicted molar refractivity (Wildman–Crippen MR) is 78.2 cm³/mol. The molecule has 100 valence electrons. The monoisotopic (exact) mass is 286 g/mol. The molecule has 0 fully saturated rings. The van der Waals surface area contributed by atoms with Crippen molar-refractivity contribution in [3.8, 4) is 5.75 Å². The molecule has 0 saturated heterocycles. The highest BCUT2D eigenvalue weighted by molar-refractivity contribution is 7.17. The molecule has 0 radical (unpaired) electrons. The van der Waals surface area contributed by atoms with E-state index < -0.39 is 5.82 Å². The van der Waals surface area contributed by atoms with Crippen molar-refractivity contribution >= 4 is 27.2 Å². The molecule has 0 unspecified atom stereocenters. The van der Waals surface area contributed by atoms with Crippen LogP contribution in [0.15, 0.2) is 47.8 Å². The molecule has 4 heteroatoms. The lowest BCUT2D eigenvalue weighted by molar-refractivity contribution is 0.103. The fraction of sp³-hybridized carbons (Fsp3) is 0.0625. The predicted octanol–water partition coefficient (Wildman–Crippen LogP) is 4.28. The second-order valence-corrected chi connectivity index (χ2v) is 5.21. The van der Waals surface area contributed by atoms with E-state index in [0.29, 0.717) is 5.56 Å². The van der Waals surface area contributed by atoms with E-state index in [2.05, 4.69) is 0 Å². The van der Waals surface area contributed by atoms with Crippen LogP contribution >= 0.6 is 11.3 Å². The number of hydrogen-bond acceptors (Lipinski definition) is 3. The summed E-state index contributed by atoms with van der Waals surface area (Å²) >= 11 is 1.48. The molecule has 0 aliphatic carbocycles. The van der Waals surface area contributed by atoms with E-state index in [1.54, 1.807) is 11.4 Å². The quantitative estimate of drug-likeness (QED) is 0.672. The molecule has 1 aromatic heterocycles. The maximum absolute atomic E-state index is 14.2. The van der Waals surface area contributed by atoms with E-state index in [4.69, 9.17) is 4.74 Å². The number of carbonyl (C=O) groups is 1. The van der Waals surface area contributed by atoms with E-state index in [-0.39, 0.29) is 17.1 Å². The zero-order valence-corrected chi connectivity index (χ0v) is 11.5. The summed E-state index contributed by atoms with van der Waals surface area (Å²) in [6, 6.07) is 12.2. The molecule has 0 aliphatic heterocycles. The second kappa shape index (κ2) is 5.06. The Balaban J connectivity index is 2.14. The molecule has 3 rings (SSSR count). The molecular weight excluding hydrogens is 275 g/mol. The topological polar surface area (TPSA) is 26.3 Å². The van der Waals surface area contributed by atoms with E-state index in [1.165, 1.54) is 30.6 Å². The average Bonchev–Trinajstić information content (AvgIpc) is 2.91. The molecule has 2 nitrogen and oxygen atoms in total. The van der Waals surface area contributed by atoms with Gasteiger partial charge < -0.3 is 4.74 Å². The number of methoxy groups -OCH3 is 1. The number of halogens is 1. The van der Waals surface area contributed by atoms with Crippen molar-refractivity contribution in [1.82, 2.24) is 0 Å². The van der Waals surface area contributed by atoms with Gasteiger partial charge in [0.1, 0.15) is 0 Å². The maximum Gasteiger partial charge on any atom is 0.197 e. The normalized spacial score (nSPS) is 10.7. The Kier molecular flexibility index (Phi) is 3.24. The number of fused-ring (bicyclic) bond motifs is 1. The van der Waals surface area contributed by atoms with Gasteiger partial charge in [0.15, 0.2) is 17.3 Å². The zero-order valence-electron chi connectivity index (χ0n) is 10.7. The summed E-state index contributed by atoms with van der Waals surface area (Å²) in [5, 5.41) is 2.62. The van der Waals surface area contributed by atoms with Gasteiger partial charge in [0.2, 0.25) is 0 Å². The van der Waals surface area contributed by atoms with Crippen LogP contribution in [0.3, 0.4) is 0 Å². The smallest absolute Gasteiger partial charge is 0.197 e. The largest absolute Gasteiger partial charge is 0.494 e. The van der Waals surface area contributed by atoms with Gasteiger partial charge in [0.25, 0.3) is 0 Å². The number of rotatable bonds is 3. The standard InChI is InChI=1S/C16H11FO2S/c1-19-13-7-4-6-11(15(13)17)16(18)12-9-20-14-8-3-2-5-10(12)14/h2-9H,1H3. The number of hydrogen-bond donors (Lipinski definition) is 0. The number of thiophene rings is 1. The summed E-state index contributed by atoms with van der Waals surface area (Å²) in [4.78, 5) is 12.5. The summed E-state index contributed by atoms with van der Waals surface area (Å²) in [6.07, 6.45) is 0. The molecule has 20 heavy (non-hydrogen) atoms. The van der Waals surface area contributed by atoms with Crippen LogP contribution in [0.2, 0.25) is 0 Å². The minimum absolute atomic E-state index is 0.0351. The van der Waals surface area contributed by atoms with Gasteiger partial charge in [-0.25, -0.2) is 4.39 Å². The summed E-state index contributed by atoms with van der Waals surface area (Å²) in [7, 11) is 1.38. The first-order valence-corrected chi connectivity index (χ1v) is 6.94. The number of carbonyl (C=O) groups excluding carboxylic acids is 1. The van der Waals surface area contributed by atoms with Crippen molar-refractivity contribution in [2.75, 3.05) is 7.11 Å². The summed E-state index contributed by atoms with van der Waals surface area (Å²) < 4.78 is 20.1. The number of ketones is 1. The first kappa shape index (κ1) is 12.8. The lowest BCUT2D eigenvalue weighted by atomic mass is 10.0. The van der Waals surface area contributed by atoms with Gasteiger partial charge in [-0.1, -0.05) is 24.3 Å². The van der Waals surface area contributed by atoms with Crippen LogP contribution in [0.1, 0.15) is 15.9 Å². The van der Waals surface area contributed by atoms with Crippen molar-refractivity contribution in [2.24, 2.45) is 0 Å². The number of benzene rings is 2. The highest BCUT2D eigenvalue weighted by Gasteiger charge is 2.19. The molecule has 2 aromatic carbocycles. The zero-order chi connectivity index (χ0) is 14.1. The fourth-order valence-electron chi connectivity index (χ4n) is 2.14. The third-order valence-electron chi connectivity index (χ3n) is 3.15. The van der Waals surface area contributed by atoms with Crippen molar-refractivity contribution in [2.45, 2.75) is 0 Å². The number of ether oxygens (including phenoxy) is 1. The second-order valence-electron chi connectivity index (χ2n) is 4.30. The Morgan fingerprint density at radius 3 is 2.70 bits per heavy atom. The van der Waals surface area contributed by atoms with E-state index in [0.717, 1.165) is 10.1 Å². The summed E-state index contributed by atoms with van der Waals surface area (Å²) in [5.41, 5.74) is 0.561. The van der Waals surface area contributed by atoms with Gasteiger partial charge in [0.05, 0.1) is 12.7 Å². The third kappa shape index (κ3) is 1.98. The highest BCUT2D eigenvalue weighted by Crippen LogP contribution is 2.29. The lowest BCUT2D eigenvalue weighted by Gasteiger charge is -2.06. The molecule has 3 aromatic rings. The molecular formula is C16H11FO2S. The summed E-state index contributed by atoms with van der Waals surface area (Å²) in [5.74, 6) is -0.857. The average molecular weight is 286 g/mol. The molecule has 0 bridgehead atoms. The highest BCUT2D eigenvalue weighted by atomic mass is 32.1. The molecule has 0 spiro atoms. The Labute approximate surface area is 119 Å². The molecule has 0 atom stereocenters. The first-order chi connectivity index (χ1) is 9.72.